The minimum atomic E-state index is -0.471. The number of amides is 2. The summed E-state index contributed by atoms with van der Waals surface area (Å²) in [5.41, 5.74) is 6.35. The summed E-state index contributed by atoms with van der Waals surface area (Å²) in [7, 11) is 0. The van der Waals surface area contributed by atoms with Gasteiger partial charge in [0.2, 0.25) is 5.91 Å². The van der Waals surface area contributed by atoms with Gasteiger partial charge in [0.05, 0.1) is 17.9 Å². The van der Waals surface area contributed by atoms with Crippen molar-refractivity contribution in [1.82, 2.24) is 20.8 Å². The predicted molar refractivity (Wildman–Crippen MR) is 68.0 cm³/mol. The molecule has 0 fully saturated rings. The van der Waals surface area contributed by atoms with E-state index in [2.05, 4.69) is 20.8 Å². The molecule has 5 N–H and O–H groups in total. The lowest BCUT2D eigenvalue weighted by Gasteiger charge is -2.20. The van der Waals surface area contributed by atoms with E-state index < -0.39 is 5.91 Å². The smallest absolute Gasteiger partial charge is 0.274 e. The summed E-state index contributed by atoms with van der Waals surface area (Å²) in [4.78, 5) is 23.2. The number of hydrogen-bond acceptors (Lipinski definition) is 4. The Morgan fingerprint density at radius 2 is 2.00 bits per heavy atom. The lowest BCUT2D eigenvalue weighted by atomic mass is 10.1. The number of hydrogen-bond donors (Lipinski definition) is 4. The molecule has 0 aliphatic carbocycles. The van der Waals surface area contributed by atoms with Crippen LogP contribution < -0.4 is 16.4 Å². The van der Waals surface area contributed by atoms with E-state index in [1.807, 2.05) is 20.8 Å². The second-order valence-electron chi connectivity index (χ2n) is 5.09. The predicted octanol–water partition coefficient (Wildman–Crippen LogP) is -0.0552. The first-order chi connectivity index (χ1) is 8.20. The maximum absolute atomic E-state index is 11.7. The van der Waals surface area contributed by atoms with E-state index in [1.165, 1.54) is 0 Å². The van der Waals surface area contributed by atoms with Gasteiger partial charge in [-0.2, -0.15) is 5.10 Å². The van der Waals surface area contributed by atoms with Gasteiger partial charge in [-0.05, 0) is 27.7 Å². The van der Waals surface area contributed by atoms with Crippen molar-refractivity contribution in [1.29, 1.82) is 0 Å². The van der Waals surface area contributed by atoms with Crippen molar-refractivity contribution in [3.8, 4) is 0 Å². The van der Waals surface area contributed by atoms with Gasteiger partial charge in [0.25, 0.3) is 5.91 Å². The van der Waals surface area contributed by atoms with Gasteiger partial charge in [0.1, 0.15) is 0 Å². The van der Waals surface area contributed by atoms with Crippen molar-refractivity contribution in [2.24, 2.45) is 0 Å². The Bertz CT molecular complexity index is 458. The molecule has 0 saturated heterocycles. The normalized spacial score (nSPS) is 11.1. The minimum Gasteiger partial charge on any atom is -0.395 e. The number of carbonyl (C=O) groups is 2. The van der Waals surface area contributed by atoms with Gasteiger partial charge >= 0.3 is 0 Å². The maximum Gasteiger partial charge on any atom is 0.274 e. The summed E-state index contributed by atoms with van der Waals surface area (Å²) in [6, 6.07) is 0. The van der Waals surface area contributed by atoms with Crippen molar-refractivity contribution in [3.05, 3.63) is 11.4 Å². The molecule has 2 amide bonds. The molecule has 1 aromatic heterocycles. The monoisotopic (exact) mass is 253 g/mol. The number of anilines is 1. The maximum atomic E-state index is 11.7. The molecular formula is C11H19N5O2. The van der Waals surface area contributed by atoms with Crippen LogP contribution in [0.3, 0.4) is 0 Å². The van der Waals surface area contributed by atoms with Crippen LogP contribution in [0.15, 0.2) is 0 Å². The van der Waals surface area contributed by atoms with Crippen molar-refractivity contribution < 1.29 is 9.59 Å². The molecule has 100 valence electrons. The Morgan fingerprint density at radius 3 is 2.44 bits per heavy atom. The van der Waals surface area contributed by atoms with Gasteiger partial charge in [0.15, 0.2) is 5.69 Å². The molecule has 0 aromatic carbocycles. The summed E-state index contributed by atoms with van der Waals surface area (Å²) in [6.07, 6.45) is 0. The Balaban J connectivity index is 2.52. The number of aromatic amines is 1. The van der Waals surface area contributed by atoms with Crippen molar-refractivity contribution in [3.63, 3.8) is 0 Å². The lowest BCUT2D eigenvalue weighted by Crippen LogP contribution is -2.45. The zero-order chi connectivity index (χ0) is 13.9. The van der Waals surface area contributed by atoms with Gasteiger partial charge in [-0.3, -0.25) is 14.7 Å². The number of nitrogens with one attached hydrogen (secondary N) is 3. The summed E-state index contributed by atoms with van der Waals surface area (Å²) in [6.45, 7) is 7.19. The summed E-state index contributed by atoms with van der Waals surface area (Å²) in [5.74, 6) is -0.734. The minimum absolute atomic E-state index is 0.107. The number of rotatable bonds is 3. The van der Waals surface area contributed by atoms with E-state index in [-0.39, 0.29) is 23.7 Å². The summed E-state index contributed by atoms with van der Waals surface area (Å²) in [5, 5.41) is 11.6. The van der Waals surface area contributed by atoms with Gasteiger partial charge in [-0.15, -0.1) is 0 Å². The van der Waals surface area contributed by atoms with Crippen LogP contribution in [0.2, 0.25) is 0 Å². The molecule has 0 bridgehead atoms. The second kappa shape index (κ2) is 5.07. The number of H-pyrrole nitrogens is 1. The van der Waals surface area contributed by atoms with Crippen LogP contribution in [-0.4, -0.2) is 34.1 Å². The molecule has 0 unspecified atom stereocenters. The topological polar surface area (TPSA) is 113 Å². The molecule has 0 saturated carbocycles. The van der Waals surface area contributed by atoms with E-state index in [4.69, 9.17) is 5.73 Å². The van der Waals surface area contributed by atoms with E-state index in [1.54, 1.807) is 6.92 Å². The number of aryl methyl sites for hydroxylation is 1. The molecule has 1 aromatic rings. The Kier molecular flexibility index (Phi) is 3.95. The Labute approximate surface area is 106 Å². The fourth-order valence-electron chi connectivity index (χ4n) is 1.32. The van der Waals surface area contributed by atoms with Crippen molar-refractivity contribution in [2.75, 3.05) is 12.3 Å². The van der Waals surface area contributed by atoms with Gasteiger partial charge < -0.3 is 16.4 Å². The van der Waals surface area contributed by atoms with Gasteiger partial charge in [0, 0.05) is 5.54 Å². The first-order valence-electron chi connectivity index (χ1n) is 5.60. The fraction of sp³-hybridized carbons (Fsp3) is 0.545. The molecule has 18 heavy (non-hydrogen) atoms. The average Bonchev–Trinajstić information content (AvgIpc) is 2.54. The van der Waals surface area contributed by atoms with Crippen LogP contribution in [0.5, 0.6) is 0 Å². The highest BCUT2D eigenvalue weighted by molar-refractivity contribution is 5.99. The van der Waals surface area contributed by atoms with Crippen LogP contribution in [0, 0.1) is 6.92 Å². The first-order valence-corrected chi connectivity index (χ1v) is 5.60. The van der Waals surface area contributed by atoms with Crippen molar-refractivity contribution >= 4 is 17.5 Å². The molecule has 0 aliphatic rings. The Morgan fingerprint density at radius 1 is 1.39 bits per heavy atom. The van der Waals surface area contributed by atoms with E-state index in [9.17, 15) is 9.59 Å². The molecule has 7 nitrogen and oxygen atoms in total. The molecule has 1 rings (SSSR count). The Hall–Kier alpha value is -2.05. The zero-order valence-corrected chi connectivity index (χ0v) is 11.0. The highest BCUT2D eigenvalue weighted by Crippen LogP contribution is 2.11. The van der Waals surface area contributed by atoms with Crippen LogP contribution >= 0.6 is 0 Å². The third-order valence-corrected chi connectivity index (χ3v) is 2.13. The van der Waals surface area contributed by atoms with Crippen LogP contribution in [0.1, 0.15) is 37.0 Å². The highest BCUT2D eigenvalue weighted by Gasteiger charge is 2.18. The largest absolute Gasteiger partial charge is 0.395 e. The fourth-order valence-corrected chi connectivity index (χ4v) is 1.32. The highest BCUT2D eigenvalue weighted by atomic mass is 16.2. The first kappa shape index (κ1) is 14.0. The number of nitrogens with two attached hydrogens (primary N) is 1. The average molecular weight is 253 g/mol. The van der Waals surface area contributed by atoms with Crippen LogP contribution in [-0.2, 0) is 4.79 Å². The number of carbonyl (C=O) groups excluding carboxylic acids is 2. The van der Waals surface area contributed by atoms with Crippen LogP contribution in [0.4, 0.5) is 5.69 Å². The molecule has 7 heteroatoms. The third kappa shape index (κ3) is 3.76. The lowest BCUT2D eigenvalue weighted by molar-refractivity contribution is -0.121. The SMILES string of the molecule is Cc1[nH]nc(C(=O)NCC(=O)NC(C)(C)C)c1N. The molecule has 0 atom stereocenters. The molecule has 1 heterocycles. The molecule has 0 aliphatic heterocycles. The third-order valence-electron chi connectivity index (χ3n) is 2.13. The van der Waals surface area contributed by atoms with E-state index >= 15 is 0 Å². The summed E-state index contributed by atoms with van der Waals surface area (Å²) < 4.78 is 0. The number of aromatic nitrogens is 2. The van der Waals surface area contributed by atoms with E-state index in [0.29, 0.717) is 11.4 Å². The molecule has 0 spiro atoms. The van der Waals surface area contributed by atoms with Crippen molar-refractivity contribution in [2.45, 2.75) is 33.2 Å². The number of nitrogen functional groups attached to an aromatic ring is 1. The summed E-state index contributed by atoms with van der Waals surface area (Å²) >= 11 is 0. The van der Waals surface area contributed by atoms with Gasteiger partial charge in [-0.25, -0.2) is 0 Å². The molecular weight excluding hydrogens is 234 g/mol. The quantitative estimate of drug-likeness (QED) is 0.604. The molecule has 0 radical (unpaired) electrons. The van der Waals surface area contributed by atoms with Gasteiger partial charge in [-0.1, -0.05) is 0 Å². The van der Waals surface area contributed by atoms with E-state index in [0.717, 1.165) is 0 Å². The number of nitrogens with zero attached hydrogens (tertiary/aromatic N) is 1. The zero-order valence-electron chi connectivity index (χ0n) is 11.0. The second-order valence-corrected chi connectivity index (χ2v) is 5.09. The van der Waals surface area contributed by atoms with Crippen LogP contribution in [0.25, 0.3) is 0 Å². The standard InChI is InChI=1S/C11H19N5O2/c1-6-8(12)9(16-15-6)10(18)13-5-7(17)14-11(2,3)4/h5,12H2,1-4H3,(H,13,18)(H,14,17)(H,15,16).